The standard InChI is InChI=1S/C5H5N.C3H5NS/c1-2-4-6-5-3-1;1-2-4-5-3-1/h1-5H;2H,1,3H2. The van der Waals surface area contributed by atoms with Crippen LogP contribution in [0.2, 0.25) is 0 Å². The number of hydrogen-bond donors (Lipinski definition) is 0. The van der Waals surface area contributed by atoms with Crippen molar-refractivity contribution in [3.8, 4) is 0 Å². The summed E-state index contributed by atoms with van der Waals surface area (Å²) in [6.45, 7) is 0. The summed E-state index contributed by atoms with van der Waals surface area (Å²) in [6, 6.07) is 5.72. The number of rotatable bonds is 0. The van der Waals surface area contributed by atoms with Gasteiger partial charge in [0, 0.05) is 24.4 Å². The van der Waals surface area contributed by atoms with Crippen molar-refractivity contribution >= 4 is 18.2 Å². The minimum Gasteiger partial charge on any atom is -0.265 e. The Morgan fingerprint density at radius 3 is 2.09 bits per heavy atom. The first kappa shape index (κ1) is 8.27. The molecule has 0 fully saturated rings. The van der Waals surface area contributed by atoms with Crippen LogP contribution in [-0.4, -0.2) is 17.0 Å². The summed E-state index contributed by atoms with van der Waals surface area (Å²) in [7, 11) is 0. The molecular weight excluding hydrogens is 156 g/mol. The van der Waals surface area contributed by atoms with Crippen molar-refractivity contribution in [2.45, 2.75) is 6.42 Å². The van der Waals surface area contributed by atoms with Gasteiger partial charge in [0.05, 0.1) is 0 Å². The number of nitrogens with zero attached hydrogens (tertiary/aromatic N) is 2. The average molecular weight is 166 g/mol. The molecule has 0 saturated heterocycles. The highest BCUT2D eigenvalue weighted by Crippen LogP contribution is 2.07. The lowest BCUT2D eigenvalue weighted by Gasteiger charge is -1.70. The van der Waals surface area contributed by atoms with E-state index >= 15 is 0 Å². The summed E-state index contributed by atoms with van der Waals surface area (Å²) in [6.07, 6.45) is 6.62. The van der Waals surface area contributed by atoms with Gasteiger partial charge in [-0.1, -0.05) is 6.07 Å². The van der Waals surface area contributed by atoms with Crippen molar-refractivity contribution < 1.29 is 0 Å². The molecule has 0 saturated carbocycles. The topological polar surface area (TPSA) is 25.2 Å². The molecule has 1 aliphatic heterocycles. The van der Waals surface area contributed by atoms with Crippen molar-refractivity contribution in [1.29, 1.82) is 0 Å². The van der Waals surface area contributed by atoms with Crippen molar-refractivity contribution in [2.75, 3.05) is 5.75 Å². The Labute approximate surface area is 70.9 Å². The second kappa shape index (κ2) is 5.92. The quantitative estimate of drug-likeness (QED) is 0.552. The van der Waals surface area contributed by atoms with Gasteiger partial charge in [-0.05, 0) is 30.5 Å². The van der Waals surface area contributed by atoms with Gasteiger partial charge in [0.2, 0.25) is 0 Å². The molecule has 0 amide bonds. The van der Waals surface area contributed by atoms with E-state index in [4.69, 9.17) is 0 Å². The van der Waals surface area contributed by atoms with Crippen LogP contribution in [0, 0.1) is 0 Å². The third kappa shape index (κ3) is 4.56. The van der Waals surface area contributed by atoms with Gasteiger partial charge in [-0.25, -0.2) is 4.40 Å². The largest absolute Gasteiger partial charge is 0.265 e. The van der Waals surface area contributed by atoms with Crippen molar-refractivity contribution in [3.63, 3.8) is 0 Å². The number of hydrogen-bond acceptors (Lipinski definition) is 3. The highest BCUT2D eigenvalue weighted by Gasteiger charge is 1.87. The maximum Gasteiger partial charge on any atom is 0.0267 e. The van der Waals surface area contributed by atoms with Crippen LogP contribution < -0.4 is 0 Å². The molecule has 1 aliphatic rings. The molecule has 0 atom stereocenters. The maximum absolute atomic E-state index is 3.88. The van der Waals surface area contributed by atoms with Crippen molar-refractivity contribution in [3.05, 3.63) is 30.6 Å². The van der Waals surface area contributed by atoms with Crippen LogP contribution in [0.5, 0.6) is 0 Å². The predicted molar refractivity (Wildman–Crippen MR) is 49.8 cm³/mol. The smallest absolute Gasteiger partial charge is 0.0267 e. The van der Waals surface area contributed by atoms with Crippen LogP contribution in [0.4, 0.5) is 0 Å². The zero-order chi connectivity index (χ0) is 7.78. The Bertz CT molecular complexity index is 166. The Hall–Kier alpha value is -0.830. The van der Waals surface area contributed by atoms with E-state index in [-0.39, 0.29) is 0 Å². The van der Waals surface area contributed by atoms with Gasteiger partial charge < -0.3 is 0 Å². The van der Waals surface area contributed by atoms with E-state index in [1.807, 2.05) is 24.4 Å². The fourth-order valence-electron chi connectivity index (χ4n) is 0.576. The molecule has 2 heterocycles. The summed E-state index contributed by atoms with van der Waals surface area (Å²) < 4.78 is 3.88. The number of aromatic nitrogens is 1. The fraction of sp³-hybridized carbons (Fsp3) is 0.250. The van der Waals surface area contributed by atoms with Gasteiger partial charge in [0.15, 0.2) is 0 Å². The molecular formula is C8H10N2S. The molecule has 58 valence electrons. The zero-order valence-electron chi connectivity index (χ0n) is 6.18. The third-order valence-electron chi connectivity index (χ3n) is 1.05. The van der Waals surface area contributed by atoms with Gasteiger partial charge in [0.1, 0.15) is 0 Å². The van der Waals surface area contributed by atoms with Crippen LogP contribution in [0.3, 0.4) is 0 Å². The molecule has 2 rings (SSSR count). The Morgan fingerprint density at radius 2 is 1.91 bits per heavy atom. The normalized spacial score (nSPS) is 13.8. The second-order valence-corrected chi connectivity index (χ2v) is 2.81. The van der Waals surface area contributed by atoms with Gasteiger partial charge in [-0.2, -0.15) is 0 Å². The van der Waals surface area contributed by atoms with Crippen molar-refractivity contribution in [1.82, 2.24) is 4.98 Å². The first-order chi connectivity index (χ1) is 5.50. The lowest BCUT2D eigenvalue weighted by atomic mass is 10.5. The molecule has 0 N–H and O–H groups in total. The molecule has 0 aromatic carbocycles. The van der Waals surface area contributed by atoms with Gasteiger partial charge in [0.25, 0.3) is 0 Å². The zero-order valence-corrected chi connectivity index (χ0v) is 7.00. The highest BCUT2D eigenvalue weighted by molar-refractivity contribution is 7.98. The minimum absolute atomic E-state index is 1.17. The van der Waals surface area contributed by atoms with E-state index in [1.54, 1.807) is 24.3 Å². The van der Waals surface area contributed by atoms with Crippen LogP contribution in [0.1, 0.15) is 6.42 Å². The number of pyridine rings is 1. The monoisotopic (exact) mass is 166 g/mol. The molecule has 11 heavy (non-hydrogen) atoms. The molecule has 0 radical (unpaired) electrons. The van der Waals surface area contributed by atoms with E-state index in [2.05, 4.69) is 9.38 Å². The molecule has 2 nitrogen and oxygen atoms in total. The Kier molecular flexibility index (Phi) is 4.45. The summed E-state index contributed by atoms with van der Waals surface area (Å²) in [5.74, 6) is 1.19. The molecule has 1 aromatic rings. The molecule has 0 spiro atoms. The molecule has 0 bridgehead atoms. The average Bonchev–Trinajstić information content (AvgIpc) is 2.64. The molecule has 0 aliphatic carbocycles. The summed E-state index contributed by atoms with van der Waals surface area (Å²) in [4.78, 5) is 3.78. The molecule has 3 heteroatoms. The van der Waals surface area contributed by atoms with Crippen LogP contribution in [0.25, 0.3) is 0 Å². The van der Waals surface area contributed by atoms with Crippen LogP contribution in [-0.2, 0) is 0 Å². The van der Waals surface area contributed by atoms with E-state index in [9.17, 15) is 0 Å². The highest BCUT2D eigenvalue weighted by atomic mass is 32.2. The Balaban J connectivity index is 0.000000112. The molecule has 1 aromatic heterocycles. The fourth-order valence-corrected chi connectivity index (χ4v) is 1.10. The van der Waals surface area contributed by atoms with Gasteiger partial charge in [-0.15, -0.1) is 0 Å². The van der Waals surface area contributed by atoms with E-state index in [1.165, 1.54) is 12.2 Å². The van der Waals surface area contributed by atoms with Gasteiger partial charge in [-0.3, -0.25) is 4.98 Å². The Morgan fingerprint density at radius 1 is 1.09 bits per heavy atom. The second-order valence-electron chi connectivity index (χ2n) is 1.93. The SMILES string of the molecule is C1=NSCC1.c1ccncc1. The first-order valence-corrected chi connectivity index (χ1v) is 4.43. The van der Waals surface area contributed by atoms with Crippen LogP contribution in [0.15, 0.2) is 35.0 Å². The lowest BCUT2D eigenvalue weighted by Crippen LogP contribution is -1.62. The van der Waals surface area contributed by atoms with E-state index in [0.29, 0.717) is 0 Å². The van der Waals surface area contributed by atoms with Crippen LogP contribution >= 0.6 is 11.9 Å². The lowest BCUT2D eigenvalue weighted by molar-refractivity contribution is 1.33. The molecule has 0 unspecified atom stereocenters. The van der Waals surface area contributed by atoms with Crippen molar-refractivity contribution in [2.24, 2.45) is 4.40 Å². The first-order valence-electron chi connectivity index (χ1n) is 3.49. The minimum atomic E-state index is 1.17. The predicted octanol–water partition coefficient (Wildman–Crippen LogP) is 2.19. The third-order valence-corrected chi connectivity index (χ3v) is 1.77. The summed E-state index contributed by atoms with van der Waals surface area (Å²) in [5, 5.41) is 0. The van der Waals surface area contributed by atoms with E-state index in [0.717, 1.165) is 0 Å². The summed E-state index contributed by atoms with van der Waals surface area (Å²) >= 11 is 1.64. The van der Waals surface area contributed by atoms with Gasteiger partial charge >= 0.3 is 0 Å². The van der Waals surface area contributed by atoms with E-state index < -0.39 is 0 Å². The summed E-state index contributed by atoms with van der Waals surface area (Å²) in [5.41, 5.74) is 0. The maximum atomic E-state index is 3.88.